The molecule has 0 fully saturated rings. The Morgan fingerprint density at radius 2 is 1.95 bits per heavy atom. The number of benzene rings is 1. The molecule has 0 aliphatic rings. The number of amides is 1. The highest BCUT2D eigenvalue weighted by Gasteiger charge is 2.14. The maximum atomic E-state index is 12.2. The number of hydrogen-bond acceptors (Lipinski definition) is 3. The van der Waals surface area contributed by atoms with E-state index in [1.807, 2.05) is 55.0 Å². The second-order valence-electron chi connectivity index (χ2n) is 4.91. The predicted molar refractivity (Wildman–Crippen MR) is 88.0 cm³/mol. The van der Waals surface area contributed by atoms with Crippen LogP contribution in [0.1, 0.15) is 13.8 Å². The van der Waals surface area contributed by atoms with Crippen LogP contribution in [0.3, 0.4) is 0 Å². The number of halogens is 1. The summed E-state index contributed by atoms with van der Waals surface area (Å²) in [5.74, 6) is 0.126. The van der Waals surface area contributed by atoms with E-state index < -0.39 is 0 Å². The fraction of sp³-hybridized carbons (Fsp3) is 0.375. The maximum absolute atomic E-state index is 12.2. The minimum atomic E-state index is 0.126. The van der Waals surface area contributed by atoms with Crippen LogP contribution in [-0.4, -0.2) is 42.5 Å². The molecule has 0 unspecified atom stereocenters. The van der Waals surface area contributed by atoms with E-state index in [1.165, 1.54) is 0 Å². The third-order valence-electron chi connectivity index (χ3n) is 3.58. The molecule has 0 spiro atoms. The summed E-state index contributed by atoms with van der Waals surface area (Å²) in [6.45, 7) is 5.80. The van der Waals surface area contributed by atoms with E-state index in [0.29, 0.717) is 11.6 Å². The standard InChI is InChI=1S/C16H20ClN3O/c1-4-20(5-2)16(21)11-19(3)15-8-9-18-14-10-12(17)6-7-13(14)15/h6-10H,4-5,11H2,1-3H3. The maximum Gasteiger partial charge on any atom is 0.242 e. The van der Waals surface area contributed by atoms with Gasteiger partial charge in [-0.1, -0.05) is 11.6 Å². The smallest absolute Gasteiger partial charge is 0.242 e. The first-order valence-electron chi connectivity index (χ1n) is 7.10. The lowest BCUT2D eigenvalue weighted by Crippen LogP contribution is -2.38. The molecule has 1 aromatic carbocycles. The Morgan fingerprint density at radius 3 is 2.62 bits per heavy atom. The summed E-state index contributed by atoms with van der Waals surface area (Å²) in [5, 5.41) is 1.66. The van der Waals surface area contributed by atoms with E-state index in [2.05, 4.69) is 4.98 Å². The van der Waals surface area contributed by atoms with Crippen molar-refractivity contribution in [2.75, 3.05) is 31.6 Å². The van der Waals surface area contributed by atoms with Crippen LogP contribution in [0.15, 0.2) is 30.5 Å². The summed E-state index contributed by atoms with van der Waals surface area (Å²) in [5.41, 5.74) is 1.82. The Bertz CT molecular complexity index is 640. The minimum absolute atomic E-state index is 0.126. The van der Waals surface area contributed by atoms with Crippen molar-refractivity contribution >= 4 is 34.1 Å². The Hall–Kier alpha value is -1.81. The number of rotatable bonds is 5. The first-order chi connectivity index (χ1) is 10.1. The zero-order valence-corrected chi connectivity index (χ0v) is 13.4. The van der Waals surface area contributed by atoms with Crippen LogP contribution in [0, 0.1) is 0 Å². The molecular formula is C16H20ClN3O. The minimum Gasteiger partial charge on any atom is -0.365 e. The molecule has 21 heavy (non-hydrogen) atoms. The second kappa shape index (κ2) is 6.76. The molecule has 2 rings (SSSR count). The summed E-state index contributed by atoms with van der Waals surface area (Å²) in [7, 11) is 1.92. The fourth-order valence-corrected chi connectivity index (χ4v) is 2.57. The molecule has 0 N–H and O–H groups in total. The van der Waals surface area contributed by atoms with E-state index in [4.69, 9.17) is 11.6 Å². The lowest BCUT2D eigenvalue weighted by Gasteiger charge is -2.25. The molecule has 0 bridgehead atoms. The number of anilines is 1. The Labute approximate surface area is 130 Å². The first-order valence-corrected chi connectivity index (χ1v) is 7.47. The number of nitrogens with zero attached hydrogens (tertiary/aromatic N) is 3. The van der Waals surface area contributed by atoms with Gasteiger partial charge in [0.1, 0.15) is 0 Å². The van der Waals surface area contributed by atoms with Crippen LogP contribution in [0.5, 0.6) is 0 Å². The molecule has 5 heteroatoms. The number of likely N-dealkylation sites (N-methyl/N-ethyl adjacent to an activating group) is 2. The number of fused-ring (bicyclic) bond motifs is 1. The zero-order chi connectivity index (χ0) is 15.4. The van der Waals surface area contributed by atoms with Gasteiger partial charge in [0.2, 0.25) is 5.91 Å². The summed E-state index contributed by atoms with van der Waals surface area (Å²) >= 11 is 6.00. The van der Waals surface area contributed by atoms with Crippen LogP contribution in [0.25, 0.3) is 10.9 Å². The molecule has 1 aromatic heterocycles. The first kappa shape index (κ1) is 15.6. The van der Waals surface area contributed by atoms with E-state index in [0.717, 1.165) is 29.7 Å². The Balaban J connectivity index is 2.27. The van der Waals surface area contributed by atoms with Gasteiger partial charge in [0.05, 0.1) is 12.1 Å². The largest absolute Gasteiger partial charge is 0.365 e. The molecule has 2 aromatic rings. The molecule has 0 radical (unpaired) electrons. The van der Waals surface area contributed by atoms with Gasteiger partial charge in [0.15, 0.2) is 0 Å². The van der Waals surface area contributed by atoms with Crippen LogP contribution in [0.4, 0.5) is 5.69 Å². The molecular weight excluding hydrogens is 286 g/mol. The predicted octanol–water partition coefficient (Wildman–Crippen LogP) is 3.19. The zero-order valence-electron chi connectivity index (χ0n) is 12.6. The second-order valence-corrected chi connectivity index (χ2v) is 5.35. The molecule has 112 valence electrons. The molecule has 4 nitrogen and oxygen atoms in total. The van der Waals surface area contributed by atoms with Crippen molar-refractivity contribution in [3.63, 3.8) is 0 Å². The van der Waals surface area contributed by atoms with Gasteiger partial charge in [-0.25, -0.2) is 0 Å². The third-order valence-corrected chi connectivity index (χ3v) is 3.82. The number of carbonyl (C=O) groups excluding carboxylic acids is 1. The van der Waals surface area contributed by atoms with Gasteiger partial charge in [-0.05, 0) is 38.1 Å². The van der Waals surface area contributed by atoms with E-state index >= 15 is 0 Å². The number of pyridine rings is 1. The van der Waals surface area contributed by atoms with Gasteiger partial charge < -0.3 is 9.80 Å². The number of carbonyl (C=O) groups is 1. The normalized spacial score (nSPS) is 10.7. The Kier molecular flexibility index (Phi) is 5.02. The molecule has 1 heterocycles. The molecule has 0 aliphatic carbocycles. The van der Waals surface area contributed by atoms with Crippen molar-refractivity contribution in [3.05, 3.63) is 35.5 Å². The van der Waals surface area contributed by atoms with Gasteiger partial charge >= 0.3 is 0 Å². The highest BCUT2D eigenvalue weighted by molar-refractivity contribution is 6.31. The summed E-state index contributed by atoms with van der Waals surface area (Å²) in [6, 6.07) is 7.54. The summed E-state index contributed by atoms with van der Waals surface area (Å²) in [6.07, 6.45) is 1.74. The van der Waals surface area contributed by atoms with E-state index in [9.17, 15) is 4.79 Å². The lowest BCUT2D eigenvalue weighted by atomic mass is 10.1. The molecule has 1 amide bonds. The average molecular weight is 306 g/mol. The van der Waals surface area contributed by atoms with Gasteiger partial charge in [0, 0.05) is 42.4 Å². The highest BCUT2D eigenvalue weighted by atomic mass is 35.5. The monoisotopic (exact) mass is 305 g/mol. The van der Waals surface area contributed by atoms with Gasteiger partial charge in [-0.15, -0.1) is 0 Å². The summed E-state index contributed by atoms with van der Waals surface area (Å²) in [4.78, 5) is 20.3. The quantitative estimate of drug-likeness (QED) is 0.851. The van der Waals surface area contributed by atoms with Crippen molar-refractivity contribution in [2.45, 2.75) is 13.8 Å². The Morgan fingerprint density at radius 1 is 1.24 bits per heavy atom. The number of hydrogen-bond donors (Lipinski definition) is 0. The average Bonchev–Trinajstić information content (AvgIpc) is 2.47. The van der Waals surface area contributed by atoms with Crippen molar-refractivity contribution in [3.8, 4) is 0 Å². The van der Waals surface area contributed by atoms with Crippen molar-refractivity contribution < 1.29 is 4.79 Å². The third kappa shape index (κ3) is 3.45. The van der Waals surface area contributed by atoms with Crippen LogP contribution >= 0.6 is 11.6 Å². The van der Waals surface area contributed by atoms with Crippen molar-refractivity contribution in [1.82, 2.24) is 9.88 Å². The van der Waals surface area contributed by atoms with Gasteiger partial charge in [0.25, 0.3) is 0 Å². The highest BCUT2D eigenvalue weighted by Crippen LogP contribution is 2.26. The van der Waals surface area contributed by atoms with Crippen molar-refractivity contribution in [2.24, 2.45) is 0 Å². The molecule has 0 aliphatic heterocycles. The SMILES string of the molecule is CCN(CC)C(=O)CN(C)c1ccnc2cc(Cl)ccc12. The van der Waals surface area contributed by atoms with E-state index in [-0.39, 0.29) is 5.91 Å². The summed E-state index contributed by atoms with van der Waals surface area (Å²) < 4.78 is 0. The lowest BCUT2D eigenvalue weighted by molar-refractivity contribution is -0.129. The van der Waals surface area contributed by atoms with Crippen LogP contribution < -0.4 is 4.90 Å². The molecule has 0 atom stereocenters. The van der Waals surface area contributed by atoms with Crippen molar-refractivity contribution in [1.29, 1.82) is 0 Å². The molecule has 0 saturated heterocycles. The van der Waals surface area contributed by atoms with Gasteiger partial charge in [-0.2, -0.15) is 0 Å². The van der Waals surface area contributed by atoms with Gasteiger partial charge in [-0.3, -0.25) is 9.78 Å². The topological polar surface area (TPSA) is 36.4 Å². The van der Waals surface area contributed by atoms with E-state index in [1.54, 1.807) is 6.20 Å². The number of aromatic nitrogens is 1. The van der Waals surface area contributed by atoms with Crippen LogP contribution in [0.2, 0.25) is 5.02 Å². The van der Waals surface area contributed by atoms with Crippen LogP contribution in [-0.2, 0) is 4.79 Å². The molecule has 0 saturated carbocycles. The fourth-order valence-electron chi connectivity index (χ4n) is 2.40.